The fourth-order valence-corrected chi connectivity index (χ4v) is 2.93. The number of nitrogens with one attached hydrogen (secondary N) is 1. The van der Waals surface area contributed by atoms with Gasteiger partial charge in [0.1, 0.15) is 18.9 Å². The van der Waals surface area contributed by atoms with Crippen molar-refractivity contribution >= 4 is 11.6 Å². The van der Waals surface area contributed by atoms with Gasteiger partial charge in [-0.2, -0.15) is 5.10 Å². The van der Waals surface area contributed by atoms with Crippen molar-refractivity contribution in [3.8, 4) is 17.2 Å². The SMILES string of the molecule is CC(C)c1cc(C(=O)Nc2ccc3c(c2)OCCO3)n(-c2ccccc2)n1. The van der Waals surface area contributed by atoms with Gasteiger partial charge >= 0.3 is 0 Å². The second kappa shape index (κ2) is 7.15. The highest BCUT2D eigenvalue weighted by atomic mass is 16.6. The Bertz CT molecular complexity index is 964. The molecule has 3 aromatic rings. The number of benzene rings is 2. The fourth-order valence-electron chi connectivity index (χ4n) is 2.93. The van der Waals surface area contributed by atoms with E-state index in [4.69, 9.17) is 9.47 Å². The zero-order valence-corrected chi connectivity index (χ0v) is 15.3. The Morgan fingerprint density at radius 1 is 1.04 bits per heavy atom. The zero-order valence-electron chi connectivity index (χ0n) is 15.3. The largest absolute Gasteiger partial charge is 0.486 e. The van der Waals surface area contributed by atoms with Crippen molar-refractivity contribution in [2.75, 3.05) is 18.5 Å². The molecule has 0 aliphatic carbocycles. The average molecular weight is 363 g/mol. The molecule has 138 valence electrons. The van der Waals surface area contributed by atoms with Crippen LogP contribution < -0.4 is 14.8 Å². The molecule has 2 heterocycles. The van der Waals surface area contributed by atoms with Crippen molar-refractivity contribution in [2.45, 2.75) is 19.8 Å². The first-order valence-corrected chi connectivity index (χ1v) is 8.98. The number of aromatic nitrogens is 2. The number of anilines is 1. The van der Waals surface area contributed by atoms with Gasteiger partial charge in [-0.3, -0.25) is 4.79 Å². The minimum Gasteiger partial charge on any atom is -0.486 e. The standard InChI is InChI=1S/C21H21N3O3/c1-14(2)17-13-18(24(23-17)16-6-4-3-5-7-16)21(25)22-15-8-9-19-20(12-15)27-11-10-26-19/h3-9,12-14H,10-11H2,1-2H3,(H,22,25). The van der Waals surface area contributed by atoms with Crippen molar-refractivity contribution in [2.24, 2.45) is 0 Å². The third-order valence-electron chi connectivity index (χ3n) is 4.35. The maximum absolute atomic E-state index is 13.0. The van der Waals surface area contributed by atoms with E-state index in [1.165, 1.54) is 0 Å². The van der Waals surface area contributed by atoms with E-state index in [0.29, 0.717) is 36.1 Å². The molecule has 0 saturated carbocycles. The lowest BCUT2D eigenvalue weighted by atomic mass is 10.1. The quantitative estimate of drug-likeness (QED) is 0.760. The molecule has 6 heteroatoms. The first-order valence-electron chi connectivity index (χ1n) is 8.98. The fraction of sp³-hybridized carbons (Fsp3) is 0.238. The molecule has 0 spiro atoms. The Kier molecular flexibility index (Phi) is 4.54. The molecule has 0 fully saturated rings. The van der Waals surface area contributed by atoms with Crippen molar-refractivity contribution in [3.05, 3.63) is 66.0 Å². The molecule has 1 aromatic heterocycles. The van der Waals surface area contributed by atoms with Crippen LogP contribution in [-0.4, -0.2) is 28.9 Å². The van der Waals surface area contributed by atoms with E-state index < -0.39 is 0 Å². The Morgan fingerprint density at radius 2 is 1.78 bits per heavy atom. The maximum Gasteiger partial charge on any atom is 0.274 e. The first-order chi connectivity index (χ1) is 13.1. The Hall–Kier alpha value is -3.28. The predicted molar refractivity (Wildman–Crippen MR) is 103 cm³/mol. The first kappa shape index (κ1) is 17.1. The monoisotopic (exact) mass is 363 g/mol. The van der Waals surface area contributed by atoms with Crippen LogP contribution in [-0.2, 0) is 0 Å². The molecule has 4 rings (SSSR count). The molecular weight excluding hydrogens is 342 g/mol. The summed E-state index contributed by atoms with van der Waals surface area (Å²) in [7, 11) is 0. The zero-order chi connectivity index (χ0) is 18.8. The second-order valence-electron chi connectivity index (χ2n) is 6.67. The van der Waals surface area contributed by atoms with Crippen LogP contribution in [0, 0.1) is 0 Å². The number of nitrogens with zero attached hydrogens (tertiary/aromatic N) is 2. The molecule has 0 saturated heterocycles. The molecule has 0 atom stereocenters. The molecule has 27 heavy (non-hydrogen) atoms. The van der Waals surface area contributed by atoms with Crippen molar-refractivity contribution in [3.63, 3.8) is 0 Å². The number of hydrogen-bond donors (Lipinski definition) is 1. The summed E-state index contributed by atoms with van der Waals surface area (Å²) < 4.78 is 12.8. The lowest BCUT2D eigenvalue weighted by Gasteiger charge is -2.19. The minimum atomic E-state index is -0.227. The van der Waals surface area contributed by atoms with E-state index in [2.05, 4.69) is 24.3 Å². The minimum absolute atomic E-state index is 0.218. The van der Waals surface area contributed by atoms with E-state index in [1.807, 2.05) is 36.4 Å². The molecule has 0 unspecified atom stereocenters. The summed E-state index contributed by atoms with van der Waals surface area (Å²) in [5.74, 6) is 1.32. The normalized spacial score (nSPS) is 12.9. The maximum atomic E-state index is 13.0. The van der Waals surface area contributed by atoms with Gasteiger partial charge in [-0.1, -0.05) is 32.0 Å². The smallest absolute Gasteiger partial charge is 0.274 e. The number of carbonyl (C=O) groups is 1. The van der Waals surface area contributed by atoms with E-state index >= 15 is 0 Å². The summed E-state index contributed by atoms with van der Waals surface area (Å²) in [6.45, 7) is 5.15. The average Bonchev–Trinajstić information content (AvgIpc) is 3.14. The topological polar surface area (TPSA) is 65.4 Å². The summed E-state index contributed by atoms with van der Waals surface area (Å²) in [4.78, 5) is 13.0. The number of rotatable bonds is 4. The Labute approximate surface area is 157 Å². The Balaban J connectivity index is 1.65. The summed E-state index contributed by atoms with van der Waals surface area (Å²) in [5, 5.41) is 7.56. The van der Waals surface area contributed by atoms with Gasteiger partial charge in [0.25, 0.3) is 5.91 Å². The van der Waals surface area contributed by atoms with E-state index in [9.17, 15) is 4.79 Å². The summed E-state index contributed by atoms with van der Waals surface area (Å²) in [6, 6.07) is 16.9. The van der Waals surface area contributed by atoms with Gasteiger partial charge in [-0.05, 0) is 36.2 Å². The highest BCUT2D eigenvalue weighted by molar-refractivity contribution is 6.03. The molecule has 1 N–H and O–H groups in total. The number of para-hydroxylation sites is 1. The lowest BCUT2D eigenvalue weighted by Crippen LogP contribution is -2.18. The number of amides is 1. The molecule has 1 amide bonds. The van der Waals surface area contributed by atoms with Crippen LogP contribution in [0.15, 0.2) is 54.6 Å². The van der Waals surface area contributed by atoms with Gasteiger partial charge in [0.15, 0.2) is 11.5 Å². The molecule has 6 nitrogen and oxygen atoms in total. The van der Waals surface area contributed by atoms with Crippen molar-refractivity contribution in [1.82, 2.24) is 9.78 Å². The van der Waals surface area contributed by atoms with Gasteiger partial charge in [0.05, 0.1) is 11.4 Å². The van der Waals surface area contributed by atoms with Crippen LogP contribution in [0.4, 0.5) is 5.69 Å². The molecule has 1 aliphatic heterocycles. The number of ether oxygens (including phenoxy) is 2. The van der Waals surface area contributed by atoms with E-state index in [-0.39, 0.29) is 11.8 Å². The van der Waals surface area contributed by atoms with Crippen LogP contribution in [0.2, 0.25) is 0 Å². The summed E-state index contributed by atoms with van der Waals surface area (Å²) in [5.41, 5.74) is 2.85. The van der Waals surface area contributed by atoms with E-state index in [1.54, 1.807) is 22.9 Å². The van der Waals surface area contributed by atoms with Gasteiger partial charge < -0.3 is 14.8 Å². The Morgan fingerprint density at radius 3 is 2.52 bits per heavy atom. The number of hydrogen-bond acceptors (Lipinski definition) is 4. The van der Waals surface area contributed by atoms with Crippen LogP contribution in [0.3, 0.4) is 0 Å². The van der Waals surface area contributed by atoms with Crippen molar-refractivity contribution in [1.29, 1.82) is 0 Å². The van der Waals surface area contributed by atoms with Crippen LogP contribution in [0.5, 0.6) is 11.5 Å². The highest BCUT2D eigenvalue weighted by Crippen LogP contribution is 2.32. The van der Waals surface area contributed by atoms with Gasteiger partial charge in [-0.25, -0.2) is 4.68 Å². The van der Waals surface area contributed by atoms with Crippen LogP contribution in [0.1, 0.15) is 35.9 Å². The van der Waals surface area contributed by atoms with Gasteiger partial charge in [-0.15, -0.1) is 0 Å². The lowest BCUT2D eigenvalue weighted by molar-refractivity contribution is 0.101. The van der Waals surface area contributed by atoms with Crippen LogP contribution >= 0.6 is 0 Å². The predicted octanol–water partition coefficient (Wildman–Crippen LogP) is 4.02. The number of fused-ring (bicyclic) bond motifs is 1. The third-order valence-corrected chi connectivity index (χ3v) is 4.35. The molecule has 0 radical (unpaired) electrons. The molecule has 2 aromatic carbocycles. The second-order valence-corrected chi connectivity index (χ2v) is 6.67. The summed E-state index contributed by atoms with van der Waals surface area (Å²) >= 11 is 0. The van der Waals surface area contributed by atoms with Crippen LogP contribution in [0.25, 0.3) is 5.69 Å². The van der Waals surface area contributed by atoms with Gasteiger partial charge in [0, 0.05) is 11.8 Å². The molecular formula is C21H21N3O3. The number of carbonyl (C=O) groups excluding carboxylic acids is 1. The highest BCUT2D eigenvalue weighted by Gasteiger charge is 2.19. The third kappa shape index (κ3) is 3.51. The summed E-state index contributed by atoms with van der Waals surface area (Å²) in [6.07, 6.45) is 0. The van der Waals surface area contributed by atoms with Gasteiger partial charge in [0.2, 0.25) is 0 Å². The van der Waals surface area contributed by atoms with E-state index in [0.717, 1.165) is 11.4 Å². The molecule has 0 bridgehead atoms. The van der Waals surface area contributed by atoms with Crippen molar-refractivity contribution < 1.29 is 14.3 Å². The molecule has 1 aliphatic rings.